The van der Waals surface area contributed by atoms with Crippen LogP contribution in [0.3, 0.4) is 0 Å². The van der Waals surface area contributed by atoms with E-state index in [9.17, 15) is 4.79 Å². The highest BCUT2D eigenvalue weighted by atomic mass is 127. The molecule has 3 rings (SSSR count). The number of aryl methyl sites for hydroxylation is 1. The van der Waals surface area contributed by atoms with E-state index in [0.717, 1.165) is 70.2 Å². The van der Waals surface area contributed by atoms with Crippen molar-refractivity contribution >= 4 is 29.9 Å². The lowest BCUT2D eigenvalue weighted by molar-refractivity contribution is 0.357. The third-order valence-electron chi connectivity index (χ3n) is 4.78. The smallest absolute Gasteiger partial charge is 0.250 e. The van der Waals surface area contributed by atoms with Gasteiger partial charge in [-0.1, -0.05) is 18.2 Å². The van der Waals surface area contributed by atoms with Crippen LogP contribution in [0.25, 0.3) is 0 Å². The van der Waals surface area contributed by atoms with E-state index in [4.69, 9.17) is 4.74 Å². The number of hydrogen-bond acceptors (Lipinski definition) is 3. The van der Waals surface area contributed by atoms with Crippen LogP contribution in [0, 0.1) is 0 Å². The summed E-state index contributed by atoms with van der Waals surface area (Å²) in [6.45, 7) is 6.02. The van der Waals surface area contributed by atoms with Gasteiger partial charge in [0.1, 0.15) is 5.75 Å². The van der Waals surface area contributed by atoms with Crippen LogP contribution in [0.1, 0.15) is 30.9 Å². The Kier molecular flexibility index (Phi) is 10.0. The Hall–Kier alpha value is -2.03. The van der Waals surface area contributed by atoms with Gasteiger partial charge in [-0.25, -0.2) is 0 Å². The topological polar surface area (TPSA) is 67.7 Å². The van der Waals surface area contributed by atoms with Gasteiger partial charge in [-0.05, 0) is 49.4 Å². The number of rotatable bonds is 9. The molecule has 0 unspecified atom stereocenters. The van der Waals surface area contributed by atoms with Gasteiger partial charge < -0.3 is 19.9 Å². The second-order valence-corrected chi connectivity index (χ2v) is 6.92. The molecule has 6 nitrogen and oxygen atoms in total. The summed E-state index contributed by atoms with van der Waals surface area (Å²) in [6, 6.07) is 11.7. The second kappa shape index (κ2) is 12.5. The van der Waals surface area contributed by atoms with Crippen LogP contribution in [-0.2, 0) is 19.4 Å². The number of aromatic nitrogens is 1. The lowest BCUT2D eigenvalue weighted by Gasteiger charge is -2.12. The highest BCUT2D eigenvalue weighted by Gasteiger charge is 2.11. The van der Waals surface area contributed by atoms with Gasteiger partial charge >= 0.3 is 0 Å². The fourth-order valence-corrected chi connectivity index (χ4v) is 3.29. The zero-order valence-electron chi connectivity index (χ0n) is 17.0. The first-order chi connectivity index (χ1) is 13.8. The van der Waals surface area contributed by atoms with Crippen molar-refractivity contribution in [1.29, 1.82) is 0 Å². The largest absolute Gasteiger partial charge is 0.493 e. The molecule has 1 aliphatic rings. The van der Waals surface area contributed by atoms with Crippen molar-refractivity contribution in [1.82, 2.24) is 15.2 Å². The van der Waals surface area contributed by atoms with E-state index in [1.807, 2.05) is 12.3 Å². The second-order valence-electron chi connectivity index (χ2n) is 6.92. The van der Waals surface area contributed by atoms with Crippen LogP contribution in [-0.4, -0.2) is 36.8 Å². The molecule has 1 aromatic heterocycles. The average Bonchev–Trinajstić information content (AvgIpc) is 3.17. The summed E-state index contributed by atoms with van der Waals surface area (Å²) in [7, 11) is 0. The number of nitrogens with one attached hydrogen (secondary N) is 2. The lowest BCUT2D eigenvalue weighted by Crippen LogP contribution is -2.38. The lowest BCUT2D eigenvalue weighted by atomic mass is 10.1. The van der Waals surface area contributed by atoms with Gasteiger partial charge in [-0.2, -0.15) is 0 Å². The molecule has 0 aliphatic carbocycles. The molecule has 0 atom stereocenters. The Morgan fingerprint density at radius 3 is 2.93 bits per heavy atom. The van der Waals surface area contributed by atoms with Crippen LogP contribution >= 0.6 is 24.0 Å². The highest BCUT2D eigenvalue weighted by Crippen LogP contribution is 2.25. The number of unbranched alkanes of at least 4 members (excludes halogenated alkanes) is 1. The van der Waals surface area contributed by atoms with Crippen molar-refractivity contribution in [2.24, 2.45) is 4.99 Å². The maximum atomic E-state index is 11.7. The summed E-state index contributed by atoms with van der Waals surface area (Å²) in [5.74, 6) is 1.88. The van der Waals surface area contributed by atoms with Crippen molar-refractivity contribution in [2.75, 3.05) is 26.2 Å². The number of guanidine groups is 1. The monoisotopic (exact) mass is 510 g/mol. The quantitative estimate of drug-likeness (QED) is 0.236. The van der Waals surface area contributed by atoms with E-state index in [1.165, 1.54) is 11.1 Å². The van der Waals surface area contributed by atoms with Crippen molar-refractivity contribution in [2.45, 2.75) is 39.2 Å². The Morgan fingerprint density at radius 2 is 2.10 bits per heavy atom. The third-order valence-corrected chi connectivity index (χ3v) is 4.78. The molecule has 2 aromatic rings. The number of halogens is 1. The first-order valence-corrected chi connectivity index (χ1v) is 10.2. The van der Waals surface area contributed by atoms with Crippen molar-refractivity contribution < 1.29 is 4.74 Å². The Morgan fingerprint density at radius 1 is 1.21 bits per heavy atom. The predicted molar refractivity (Wildman–Crippen MR) is 129 cm³/mol. The normalized spacial score (nSPS) is 12.7. The Labute approximate surface area is 189 Å². The summed E-state index contributed by atoms with van der Waals surface area (Å²) in [5.41, 5.74) is 2.69. The molecule has 0 spiro atoms. The zero-order valence-corrected chi connectivity index (χ0v) is 19.4. The fourth-order valence-electron chi connectivity index (χ4n) is 3.29. The van der Waals surface area contributed by atoms with Crippen LogP contribution in [0.4, 0.5) is 0 Å². The fraction of sp³-hybridized carbons (Fsp3) is 0.455. The molecule has 1 aliphatic heterocycles. The first kappa shape index (κ1) is 23.3. The summed E-state index contributed by atoms with van der Waals surface area (Å²) in [6.07, 6.45) is 5.68. The summed E-state index contributed by atoms with van der Waals surface area (Å²) >= 11 is 0. The van der Waals surface area contributed by atoms with E-state index in [0.29, 0.717) is 0 Å². The van der Waals surface area contributed by atoms with Crippen LogP contribution in [0.15, 0.2) is 52.4 Å². The first-order valence-electron chi connectivity index (χ1n) is 10.2. The molecule has 2 heterocycles. The van der Waals surface area contributed by atoms with Gasteiger partial charge in [-0.3, -0.25) is 9.79 Å². The minimum atomic E-state index is 0. The van der Waals surface area contributed by atoms with E-state index >= 15 is 0 Å². The van der Waals surface area contributed by atoms with Crippen molar-refractivity contribution in [3.63, 3.8) is 0 Å². The number of hydrogen-bond donors (Lipinski definition) is 2. The van der Waals surface area contributed by atoms with Gasteiger partial charge in [0, 0.05) is 44.9 Å². The molecule has 0 saturated heterocycles. The standard InChI is InChI=1S/C22H30N4O2.HI/c1-2-23-22(24-12-4-6-15-26-14-5-3-7-21(26)27)25-13-10-18-8-9-20-19(17-18)11-16-28-20;/h3,5,7-9,14,17H,2,4,6,10-13,15-16H2,1H3,(H2,23,24,25);1H. The highest BCUT2D eigenvalue weighted by molar-refractivity contribution is 14.0. The number of ether oxygens (including phenoxy) is 1. The molecule has 0 saturated carbocycles. The third kappa shape index (κ3) is 7.38. The zero-order chi connectivity index (χ0) is 19.6. The van der Waals surface area contributed by atoms with Crippen molar-refractivity contribution in [3.05, 3.63) is 64.1 Å². The van der Waals surface area contributed by atoms with Gasteiger partial charge in [-0.15, -0.1) is 24.0 Å². The Bertz CT molecular complexity index is 851. The SMILES string of the molecule is CCNC(=NCCCCn1ccccc1=O)NCCc1ccc2c(c1)CCO2.I. The average molecular weight is 510 g/mol. The summed E-state index contributed by atoms with van der Waals surface area (Å²) in [5, 5.41) is 6.70. The van der Waals surface area contributed by atoms with Crippen LogP contribution in [0.2, 0.25) is 0 Å². The number of aliphatic imine (C=N–C) groups is 1. The minimum Gasteiger partial charge on any atom is -0.493 e. The number of pyridine rings is 1. The van der Waals surface area contributed by atoms with E-state index < -0.39 is 0 Å². The molecule has 0 fully saturated rings. The number of nitrogens with zero attached hydrogens (tertiary/aromatic N) is 2. The van der Waals surface area contributed by atoms with Gasteiger partial charge in [0.05, 0.1) is 6.61 Å². The number of fused-ring (bicyclic) bond motifs is 1. The van der Waals surface area contributed by atoms with Crippen LogP contribution in [0.5, 0.6) is 5.75 Å². The molecule has 7 heteroatoms. The van der Waals surface area contributed by atoms with Crippen molar-refractivity contribution in [3.8, 4) is 5.75 Å². The predicted octanol–water partition coefficient (Wildman–Crippen LogP) is 2.98. The maximum Gasteiger partial charge on any atom is 0.250 e. The molecule has 1 aromatic carbocycles. The molecule has 29 heavy (non-hydrogen) atoms. The van der Waals surface area contributed by atoms with Crippen LogP contribution < -0.4 is 20.9 Å². The molecule has 158 valence electrons. The van der Waals surface area contributed by atoms with E-state index in [-0.39, 0.29) is 29.5 Å². The van der Waals surface area contributed by atoms with Gasteiger partial charge in [0.25, 0.3) is 0 Å². The maximum absolute atomic E-state index is 11.7. The molecule has 2 N–H and O–H groups in total. The van der Waals surface area contributed by atoms with E-state index in [2.05, 4.69) is 40.7 Å². The molecular formula is C22H31IN4O2. The van der Waals surface area contributed by atoms with Gasteiger partial charge in [0.2, 0.25) is 5.56 Å². The van der Waals surface area contributed by atoms with E-state index in [1.54, 1.807) is 16.7 Å². The minimum absolute atomic E-state index is 0. The molecule has 0 bridgehead atoms. The Balaban J connectivity index is 0.00000300. The summed E-state index contributed by atoms with van der Waals surface area (Å²) < 4.78 is 7.31. The molecule has 0 radical (unpaired) electrons. The molecule has 0 amide bonds. The van der Waals surface area contributed by atoms with Gasteiger partial charge in [0.15, 0.2) is 5.96 Å². The number of benzene rings is 1. The summed E-state index contributed by atoms with van der Waals surface area (Å²) in [4.78, 5) is 16.3. The molecular weight excluding hydrogens is 479 g/mol.